The standard InChI is InChI=1S/C22H31N5O3/c1-7-8-9-27-20-18(21(28)24-22(27)29)26(5)17(23-20)13-25(4)12-16-10-14(2)19(30-6)15(3)11-16/h10-11H,7-9,12-13H2,1-6H3,(H,24,28,29). The van der Waals surface area contributed by atoms with Gasteiger partial charge < -0.3 is 9.30 Å². The van der Waals surface area contributed by atoms with Crippen LogP contribution in [0.25, 0.3) is 11.2 Å². The molecular weight excluding hydrogens is 382 g/mol. The van der Waals surface area contributed by atoms with Gasteiger partial charge in [0.2, 0.25) is 0 Å². The summed E-state index contributed by atoms with van der Waals surface area (Å²) >= 11 is 0. The SMILES string of the molecule is CCCCn1c(=O)[nH]c(=O)c2c1nc(CN(C)Cc1cc(C)c(OC)c(C)c1)n2C. The first-order chi connectivity index (χ1) is 14.3. The monoisotopic (exact) mass is 413 g/mol. The van der Waals surface area contributed by atoms with Crippen LogP contribution in [-0.2, 0) is 26.7 Å². The Balaban J connectivity index is 1.90. The van der Waals surface area contributed by atoms with Crippen molar-refractivity contribution in [1.29, 1.82) is 0 Å². The number of aromatic amines is 1. The highest BCUT2D eigenvalue weighted by Gasteiger charge is 2.17. The Bertz CT molecular complexity index is 1150. The zero-order valence-corrected chi connectivity index (χ0v) is 18.7. The van der Waals surface area contributed by atoms with Gasteiger partial charge in [-0.05, 0) is 44.0 Å². The lowest BCUT2D eigenvalue weighted by Crippen LogP contribution is -2.31. The van der Waals surface area contributed by atoms with Gasteiger partial charge in [0.15, 0.2) is 11.2 Å². The van der Waals surface area contributed by atoms with Crippen LogP contribution < -0.4 is 16.0 Å². The average Bonchev–Trinajstić information content (AvgIpc) is 2.97. The van der Waals surface area contributed by atoms with E-state index in [2.05, 4.69) is 33.9 Å². The lowest BCUT2D eigenvalue weighted by Gasteiger charge is -2.18. The maximum Gasteiger partial charge on any atom is 0.330 e. The summed E-state index contributed by atoms with van der Waals surface area (Å²) in [5.41, 5.74) is 3.50. The topological polar surface area (TPSA) is 85.2 Å². The molecule has 0 radical (unpaired) electrons. The van der Waals surface area contributed by atoms with Crippen LogP contribution >= 0.6 is 0 Å². The molecule has 0 aliphatic carbocycles. The Morgan fingerprint density at radius 3 is 2.43 bits per heavy atom. The van der Waals surface area contributed by atoms with Crippen molar-refractivity contribution in [3.8, 4) is 5.75 Å². The number of aromatic nitrogens is 4. The van der Waals surface area contributed by atoms with Crippen molar-refractivity contribution >= 4 is 11.2 Å². The summed E-state index contributed by atoms with van der Waals surface area (Å²) in [7, 11) is 5.53. The number of benzene rings is 1. The smallest absolute Gasteiger partial charge is 0.330 e. The summed E-state index contributed by atoms with van der Waals surface area (Å²) in [4.78, 5) is 34.0. The van der Waals surface area contributed by atoms with E-state index in [0.29, 0.717) is 24.3 Å². The van der Waals surface area contributed by atoms with Gasteiger partial charge in [0, 0.05) is 20.1 Å². The molecule has 1 N–H and O–H groups in total. The molecule has 2 aromatic heterocycles. The lowest BCUT2D eigenvalue weighted by molar-refractivity contribution is 0.307. The van der Waals surface area contributed by atoms with E-state index in [4.69, 9.17) is 4.74 Å². The van der Waals surface area contributed by atoms with Gasteiger partial charge in [-0.15, -0.1) is 0 Å². The second-order valence-corrected chi connectivity index (χ2v) is 7.96. The molecule has 0 fully saturated rings. The number of methoxy groups -OCH3 is 1. The molecule has 3 rings (SSSR count). The summed E-state index contributed by atoms with van der Waals surface area (Å²) in [6, 6.07) is 4.26. The highest BCUT2D eigenvalue weighted by atomic mass is 16.5. The molecule has 0 aliphatic rings. The van der Waals surface area contributed by atoms with Crippen molar-refractivity contribution in [2.45, 2.75) is 53.2 Å². The van der Waals surface area contributed by atoms with E-state index >= 15 is 0 Å². The average molecular weight is 414 g/mol. The van der Waals surface area contributed by atoms with Crippen molar-refractivity contribution in [2.75, 3.05) is 14.2 Å². The molecule has 0 aliphatic heterocycles. The van der Waals surface area contributed by atoms with Crippen LogP contribution in [0.4, 0.5) is 0 Å². The molecule has 0 saturated carbocycles. The molecule has 0 atom stereocenters. The van der Waals surface area contributed by atoms with E-state index in [1.807, 2.05) is 27.9 Å². The molecule has 3 aromatic rings. The van der Waals surface area contributed by atoms with Crippen LogP contribution in [0.2, 0.25) is 0 Å². The third-order valence-electron chi connectivity index (χ3n) is 5.43. The summed E-state index contributed by atoms with van der Waals surface area (Å²) in [6.45, 7) is 7.98. The van der Waals surface area contributed by atoms with Gasteiger partial charge in [0.05, 0.1) is 13.7 Å². The molecular formula is C22H31N5O3. The minimum absolute atomic E-state index is 0.395. The molecule has 0 unspecified atom stereocenters. The van der Waals surface area contributed by atoms with Crippen LogP contribution in [0, 0.1) is 13.8 Å². The molecule has 0 spiro atoms. The first-order valence-electron chi connectivity index (χ1n) is 10.3. The fourth-order valence-electron chi connectivity index (χ4n) is 4.02. The molecule has 162 valence electrons. The predicted octanol–water partition coefficient (Wildman–Crippen LogP) is 2.48. The molecule has 30 heavy (non-hydrogen) atoms. The third kappa shape index (κ3) is 4.18. The largest absolute Gasteiger partial charge is 0.496 e. The van der Waals surface area contributed by atoms with Crippen LogP contribution in [0.1, 0.15) is 42.3 Å². The Morgan fingerprint density at radius 1 is 1.17 bits per heavy atom. The number of nitrogens with one attached hydrogen (secondary N) is 1. The van der Waals surface area contributed by atoms with E-state index in [1.165, 1.54) is 5.56 Å². The second kappa shape index (κ2) is 8.87. The molecule has 8 nitrogen and oxygen atoms in total. The number of hydrogen-bond acceptors (Lipinski definition) is 5. The molecule has 0 saturated heterocycles. The Labute approximate surface area is 176 Å². The first-order valence-corrected chi connectivity index (χ1v) is 10.3. The number of ether oxygens (including phenoxy) is 1. The van der Waals surface area contributed by atoms with Crippen molar-refractivity contribution in [3.63, 3.8) is 0 Å². The summed E-state index contributed by atoms with van der Waals surface area (Å²) in [6.07, 6.45) is 1.80. The lowest BCUT2D eigenvalue weighted by atomic mass is 10.1. The molecule has 0 amide bonds. The number of imidazole rings is 1. The maximum atomic E-state index is 12.4. The van der Waals surface area contributed by atoms with Gasteiger partial charge in [-0.2, -0.15) is 0 Å². The molecule has 1 aromatic carbocycles. The third-order valence-corrected chi connectivity index (χ3v) is 5.43. The van der Waals surface area contributed by atoms with E-state index in [-0.39, 0.29) is 0 Å². The van der Waals surface area contributed by atoms with Crippen LogP contribution in [0.5, 0.6) is 5.75 Å². The van der Waals surface area contributed by atoms with Crippen molar-refractivity contribution in [2.24, 2.45) is 7.05 Å². The van der Waals surface area contributed by atoms with Crippen molar-refractivity contribution in [1.82, 2.24) is 24.0 Å². The summed E-state index contributed by atoms with van der Waals surface area (Å²) in [5.74, 6) is 1.66. The van der Waals surface area contributed by atoms with Gasteiger partial charge >= 0.3 is 5.69 Å². The van der Waals surface area contributed by atoms with Gasteiger partial charge in [0.1, 0.15) is 11.6 Å². The number of aryl methyl sites for hydroxylation is 4. The van der Waals surface area contributed by atoms with Crippen molar-refractivity contribution in [3.05, 3.63) is 55.5 Å². The second-order valence-electron chi connectivity index (χ2n) is 7.96. The molecule has 2 heterocycles. The predicted molar refractivity (Wildman–Crippen MR) is 118 cm³/mol. The highest BCUT2D eigenvalue weighted by Crippen LogP contribution is 2.25. The van der Waals surface area contributed by atoms with Gasteiger partial charge in [0.25, 0.3) is 5.56 Å². The van der Waals surface area contributed by atoms with Gasteiger partial charge in [-0.1, -0.05) is 25.5 Å². The zero-order valence-electron chi connectivity index (χ0n) is 18.7. The molecule has 0 bridgehead atoms. The summed E-state index contributed by atoms with van der Waals surface area (Å²) in [5, 5.41) is 0. The fraction of sp³-hybridized carbons (Fsp3) is 0.500. The quantitative estimate of drug-likeness (QED) is 0.613. The number of H-pyrrole nitrogens is 1. The van der Waals surface area contributed by atoms with E-state index < -0.39 is 11.2 Å². The number of fused-ring (bicyclic) bond motifs is 1. The normalized spacial score (nSPS) is 11.6. The van der Waals surface area contributed by atoms with E-state index in [0.717, 1.165) is 42.1 Å². The number of nitrogens with zero attached hydrogens (tertiary/aromatic N) is 4. The van der Waals surface area contributed by atoms with E-state index in [9.17, 15) is 9.59 Å². The van der Waals surface area contributed by atoms with E-state index in [1.54, 1.807) is 16.2 Å². The van der Waals surface area contributed by atoms with Gasteiger partial charge in [-0.3, -0.25) is 19.2 Å². The number of rotatable bonds is 8. The minimum Gasteiger partial charge on any atom is -0.496 e. The Morgan fingerprint density at radius 2 is 1.83 bits per heavy atom. The molecule has 8 heteroatoms. The van der Waals surface area contributed by atoms with Gasteiger partial charge in [-0.25, -0.2) is 9.78 Å². The first kappa shape index (κ1) is 21.8. The number of unbranched alkanes of at least 4 members (excludes halogenated alkanes) is 1. The fourth-order valence-corrected chi connectivity index (χ4v) is 4.02. The summed E-state index contributed by atoms with van der Waals surface area (Å²) < 4.78 is 8.81. The number of hydrogen-bond donors (Lipinski definition) is 1. The Hall–Kier alpha value is -2.87. The minimum atomic E-state index is -0.400. The maximum absolute atomic E-state index is 12.4. The Kier molecular flexibility index (Phi) is 6.45. The van der Waals surface area contributed by atoms with Crippen molar-refractivity contribution < 1.29 is 4.74 Å². The van der Waals surface area contributed by atoms with Crippen LogP contribution in [0.15, 0.2) is 21.7 Å². The van der Waals surface area contributed by atoms with Crippen LogP contribution in [-0.4, -0.2) is 38.2 Å². The highest BCUT2D eigenvalue weighted by molar-refractivity contribution is 5.70. The zero-order chi connectivity index (χ0) is 22.0. The van der Waals surface area contributed by atoms with Crippen LogP contribution in [0.3, 0.4) is 0 Å².